The minimum Gasteiger partial charge on any atom is -0.393 e. The summed E-state index contributed by atoms with van der Waals surface area (Å²) in [4.78, 5) is 0. The Morgan fingerprint density at radius 2 is 1.81 bits per heavy atom. The highest BCUT2D eigenvalue weighted by atomic mass is 16.3. The number of fused-ring (bicyclic) bond motifs is 2. The van der Waals surface area contributed by atoms with Crippen molar-refractivity contribution in [2.75, 3.05) is 0 Å². The third-order valence-electron chi connectivity index (χ3n) is 10.9. The van der Waals surface area contributed by atoms with Crippen LogP contribution in [0.4, 0.5) is 0 Å². The lowest BCUT2D eigenvalue weighted by molar-refractivity contribution is 0.0919. The molecule has 3 aliphatic rings. The van der Waals surface area contributed by atoms with E-state index in [1.54, 1.807) is 5.57 Å². The maximum Gasteiger partial charge on any atom is 0.0543 e. The average molecular weight is 431 g/mol. The van der Waals surface area contributed by atoms with Crippen molar-refractivity contribution in [3.8, 4) is 0 Å². The van der Waals surface area contributed by atoms with E-state index in [1.165, 1.54) is 70.6 Å². The molecule has 0 aromatic rings. The number of rotatable bonds is 6. The lowest BCUT2D eigenvalue weighted by atomic mass is 9.61. The Balaban J connectivity index is 1.70. The second-order valence-electron chi connectivity index (χ2n) is 12.7. The van der Waals surface area contributed by atoms with E-state index in [0.29, 0.717) is 10.8 Å². The Bertz CT molecular complexity index is 591. The van der Waals surface area contributed by atoms with Gasteiger partial charge in [0, 0.05) is 0 Å². The van der Waals surface area contributed by atoms with E-state index in [4.69, 9.17) is 0 Å². The Morgan fingerprint density at radius 3 is 2.52 bits per heavy atom. The molecule has 2 fully saturated rings. The van der Waals surface area contributed by atoms with E-state index in [9.17, 15) is 5.11 Å². The van der Waals surface area contributed by atoms with Gasteiger partial charge in [0.15, 0.2) is 0 Å². The summed E-state index contributed by atoms with van der Waals surface area (Å²) in [6.07, 6.45) is 20.9. The van der Waals surface area contributed by atoms with Crippen molar-refractivity contribution in [2.24, 2.45) is 40.4 Å². The van der Waals surface area contributed by atoms with Crippen molar-refractivity contribution in [1.29, 1.82) is 0 Å². The molecular weight excluding hydrogens is 376 g/mol. The first-order valence-corrected chi connectivity index (χ1v) is 14.1. The number of allylic oxidation sites excluding steroid dienone is 2. The van der Waals surface area contributed by atoms with Gasteiger partial charge in [-0.2, -0.15) is 0 Å². The number of aliphatic hydroxyl groups excluding tert-OH is 1. The molecule has 7 atom stereocenters. The van der Waals surface area contributed by atoms with Gasteiger partial charge in [0.25, 0.3) is 0 Å². The minimum absolute atomic E-state index is 0.0818. The van der Waals surface area contributed by atoms with Crippen LogP contribution in [0, 0.1) is 40.4 Å². The van der Waals surface area contributed by atoms with Crippen LogP contribution in [-0.2, 0) is 0 Å². The highest BCUT2D eigenvalue weighted by Gasteiger charge is 2.47. The molecule has 1 N–H and O–H groups in total. The van der Waals surface area contributed by atoms with Gasteiger partial charge in [-0.3, -0.25) is 0 Å². The second kappa shape index (κ2) is 10.8. The van der Waals surface area contributed by atoms with Crippen molar-refractivity contribution in [3.63, 3.8) is 0 Å². The molecule has 0 aromatic heterocycles. The van der Waals surface area contributed by atoms with E-state index < -0.39 is 0 Å². The zero-order valence-electron chi connectivity index (χ0n) is 21.9. The van der Waals surface area contributed by atoms with Crippen molar-refractivity contribution in [1.82, 2.24) is 0 Å². The zero-order chi connectivity index (χ0) is 22.6. The maximum atomic E-state index is 10.3. The molecule has 0 bridgehead atoms. The van der Waals surface area contributed by atoms with Crippen LogP contribution in [0.3, 0.4) is 0 Å². The highest BCUT2D eigenvalue weighted by molar-refractivity contribution is 5.18. The molecule has 1 heteroatoms. The summed E-state index contributed by atoms with van der Waals surface area (Å²) < 4.78 is 0. The van der Waals surface area contributed by atoms with Gasteiger partial charge in [-0.15, -0.1) is 0 Å². The fourth-order valence-corrected chi connectivity index (χ4v) is 7.97. The first kappa shape index (κ1) is 25.3. The molecule has 0 amide bonds. The van der Waals surface area contributed by atoms with Crippen LogP contribution in [0.1, 0.15) is 131 Å². The molecular formula is C30H54O. The Kier molecular flexibility index (Phi) is 8.78. The summed E-state index contributed by atoms with van der Waals surface area (Å²) >= 11 is 0. The first-order valence-electron chi connectivity index (χ1n) is 14.1. The lowest BCUT2D eigenvalue weighted by Crippen LogP contribution is -2.34. The summed E-state index contributed by atoms with van der Waals surface area (Å²) in [7, 11) is 0. The lowest BCUT2D eigenvalue weighted by Gasteiger charge is -2.43. The molecule has 0 radical (unpaired) electrons. The number of aliphatic hydroxyl groups is 1. The Morgan fingerprint density at radius 1 is 1.03 bits per heavy atom. The van der Waals surface area contributed by atoms with Gasteiger partial charge in [0.2, 0.25) is 0 Å². The predicted octanol–water partition coefficient (Wildman–Crippen LogP) is 8.95. The zero-order valence-corrected chi connectivity index (χ0v) is 21.9. The summed E-state index contributed by atoms with van der Waals surface area (Å²) in [5, 5.41) is 10.3. The average Bonchev–Trinajstić information content (AvgIpc) is 2.96. The second-order valence-corrected chi connectivity index (χ2v) is 12.7. The van der Waals surface area contributed by atoms with E-state index >= 15 is 0 Å². The smallest absolute Gasteiger partial charge is 0.0543 e. The molecule has 2 saturated carbocycles. The molecule has 0 heterocycles. The summed E-state index contributed by atoms with van der Waals surface area (Å²) in [6.45, 7) is 15.0. The summed E-state index contributed by atoms with van der Waals surface area (Å²) in [5.41, 5.74) is 2.55. The van der Waals surface area contributed by atoms with Crippen LogP contribution in [0.15, 0.2) is 11.6 Å². The topological polar surface area (TPSA) is 20.2 Å². The molecule has 31 heavy (non-hydrogen) atoms. The van der Waals surface area contributed by atoms with Gasteiger partial charge in [-0.05, 0) is 111 Å². The van der Waals surface area contributed by atoms with Crippen LogP contribution in [0.25, 0.3) is 0 Å². The van der Waals surface area contributed by atoms with E-state index in [0.717, 1.165) is 48.9 Å². The van der Waals surface area contributed by atoms with Gasteiger partial charge in [-0.1, -0.05) is 72.5 Å². The molecule has 3 rings (SSSR count). The van der Waals surface area contributed by atoms with Gasteiger partial charge in [0.05, 0.1) is 6.10 Å². The van der Waals surface area contributed by atoms with Crippen molar-refractivity contribution >= 4 is 0 Å². The van der Waals surface area contributed by atoms with Crippen LogP contribution in [0.5, 0.6) is 0 Å². The summed E-state index contributed by atoms with van der Waals surface area (Å²) in [5.74, 6) is 4.36. The van der Waals surface area contributed by atoms with E-state index in [2.05, 4.69) is 47.6 Å². The van der Waals surface area contributed by atoms with Crippen LogP contribution in [-0.4, -0.2) is 11.2 Å². The SMILES string of the molecule is CC[C@H](CCCC1CCC2CC/C=C3/CC[C@@H](O)CC[C@]3(C)C(C)CC[C@@]21C)C(C)C. The van der Waals surface area contributed by atoms with Gasteiger partial charge >= 0.3 is 0 Å². The number of hydrogen-bond donors (Lipinski definition) is 1. The maximum absolute atomic E-state index is 10.3. The summed E-state index contributed by atoms with van der Waals surface area (Å²) in [6, 6.07) is 0. The Labute approximate surface area is 194 Å². The fourth-order valence-electron chi connectivity index (χ4n) is 7.97. The predicted molar refractivity (Wildman–Crippen MR) is 135 cm³/mol. The van der Waals surface area contributed by atoms with Crippen LogP contribution >= 0.6 is 0 Å². The molecule has 3 aliphatic carbocycles. The van der Waals surface area contributed by atoms with E-state index in [-0.39, 0.29) is 6.10 Å². The minimum atomic E-state index is -0.0818. The van der Waals surface area contributed by atoms with Gasteiger partial charge in [0.1, 0.15) is 0 Å². The Hall–Kier alpha value is -0.300. The monoisotopic (exact) mass is 430 g/mol. The molecule has 0 aromatic carbocycles. The molecule has 0 saturated heterocycles. The van der Waals surface area contributed by atoms with Gasteiger partial charge in [-0.25, -0.2) is 0 Å². The quantitative estimate of drug-likeness (QED) is 0.417. The standard InChI is InChI=1S/C30H54O/c1-7-24(22(2)3)10-8-11-26-14-15-27-13-9-12-25-16-17-28(31)19-21-29(25,5)23(4)18-20-30(26,27)6/h12,22-24,26-28,31H,7-11,13-21H2,1-6H3/b25-12-/t23?,24-,26?,27?,28-,29-,30-/m1/s1. The first-order chi connectivity index (χ1) is 14.7. The molecule has 0 spiro atoms. The normalized spacial score (nSPS) is 42.3. The molecule has 1 nitrogen and oxygen atoms in total. The molecule has 180 valence electrons. The van der Waals surface area contributed by atoms with Crippen molar-refractivity contribution < 1.29 is 5.11 Å². The van der Waals surface area contributed by atoms with Gasteiger partial charge < -0.3 is 5.11 Å². The van der Waals surface area contributed by atoms with Crippen LogP contribution in [0.2, 0.25) is 0 Å². The number of hydrogen-bond acceptors (Lipinski definition) is 1. The fraction of sp³-hybridized carbons (Fsp3) is 0.933. The van der Waals surface area contributed by atoms with Crippen molar-refractivity contribution in [2.45, 2.75) is 138 Å². The molecule has 0 aliphatic heterocycles. The van der Waals surface area contributed by atoms with E-state index in [1.807, 2.05) is 0 Å². The highest BCUT2D eigenvalue weighted by Crippen LogP contribution is 2.57. The van der Waals surface area contributed by atoms with Crippen molar-refractivity contribution in [3.05, 3.63) is 11.6 Å². The molecule has 3 unspecified atom stereocenters. The largest absolute Gasteiger partial charge is 0.393 e. The van der Waals surface area contributed by atoms with Crippen LogP contribution < -0.4 is 0 Å². The third kappa shape index (κ3) is 5.62. The third-order valence-corrected chi connectivity index (χ3v) is 10.9.